The molecule has 4 unspecified atom stereocenters. The molecular weight excluding hydrogens is 492 g/mol. The molecule has 11 nitrogen and oxygen atoms in total. The number of nitrogens with two attached hydrogens (primary N) is 1. The van der Waals surface area contributed by atoms with Gasteiger partial charge in [0.05, 0.1) is 6.61 Å². The number of carbonyl (C=O) groups excluding carboxylic acids is 3. The number of amides is 3. The summed E-state index contributed by atoms with van der Waals surface area (Å²) >= 11 is 0. The molecule has 0 fully saturated rings. The molecule has 0 bridgehead atoms. The Bertz CT molecular complexity index is 1080. The van der Waals surface area contributed by atoms with Crippen LogP contribution in [-0.4, -0.2) is 69.8 Å². The quantitative estimate of drug-likeness (QED) is 0.179. The summed E-state index contributed by atoms with van der Waals surface area (Å²) in [5, 5.41) is 36.0. The van der Waals surface area contributed by atoms with Crippen LogP contribution in [0.3, 0.4) is 0 Å². The first-order chi connectivity index (χ1) is 18.0. The molecule has 8 N–H and O–H groups in total. The van der Waals surface area contributed by atoms with Gasteiger partial charge in [-0.3, -0.25) is 14.4 Å². The van der Waals surface area contributed by atoms with E-state index in [0.29, 0.717) is 5.56 Å². The van der Waals surface area contributed by atoms with E-state index < -0.39 is 54.5 Å². The average Bonchev–Trinajstić information content (AvgIpc) is 2.88. The molecule has 11 heteroatoms. The van der Waals surface area contributed by atoms with Crippen LogP contribution >= 0.6 is 0 Å². The van der Waals surface area contributed by atoms with Crippen LogP contribution in [0.5, 0.6) is 5.75 Å². The molecule has 4 atom stereocenters. The second-order valence-corrected chi connectivity index (χ2v) is 9.50. The first-order valence-corrected chi connectivity index (χ1v) is 12.3. The number of benzene rings is 2. The van der Waals surface area contributed by atoms with E-state index in [1.54, 1.807) is 42.5 Å². The third kappa shape index (κ3) is 9.83. The molecule has 2 aromatic carbocycles. The highest BCUT2D eigenvalue weighted by molar-refractivity contribution is 5.94. The fourth-order valence-corrected chi connectivity index (χ4v) is 3.74. The smallest absolute Gasteiger partial charge is 0.326 e. The van der Waals surface area contributed by atoms with Crippen molar-refractivity contribution in [2.24, 2.45) is 11.7 Å². The number of carboxylic acids is 1. The van der Waals surface area contributed by atoms with E-state index in [-0.39, 0.29) is 30.9 Å². The maximum atomic E-state index is 13.3. The Morgan fingerprint density at radius 2 is 1.26 bits per heavy atom. The van der Waals surface area contributed by atoms with Gasteiger partial charge >= 0.3 is 5.97 Å². The zero-order chi connectivity index (χ0) is 28.2. The largest absolute Gasteiger partial charge is 0.508 e. The van der Waals surface area contributed by atoms with Crippen molar-refractivity contribution in [3.05, 3.63) is 65.7 Å². The third-order valence-electron chi connectivity index (χ3n) is 5.78. The molecule has 0 aliphatic rings. The van der Waals surface area contributed by atoms with Crippen molar-refractivity contribution in [3.63, 3.8) is 0 Å². The highest BCUT2D eigenvalue weighted by Gasteiger charge is 2.31. The minimum Gasteiger partial charge on any atom is -0.508 e. The minimum atomic E-state index is -1.30. The molecule has 3 amide bonds. The molecule has 0 saturated heterocycles. The van der Waals surface area contributed by atoms with Crippen molar-refractivity contribution in [1.29, 1.82) is 0 Å². The number of carboxylic acid groups (broad SMARTS) is 1. The van der Waals surface area contributed by atoms with E-state index in [2.05, 4.69) is 16.0 Å². The maximum absolute atomic E-state index is 13.3. The van der Waals surface area contributed by atoms with Gasteiger partial charge in [0.25, 0.3) is 0 Å². The predicted octanol–water partition coefficient (Wildman–Crippen LogP) is 0.0821. The highest BCUT2D eigenvalue weighted by Crippen LogP contribution is 2.13. The van der Waals surface area contributed by atoms with E-state index in [0.717, 1.165) is 5.56 Å². The van der Waals surface area contributed by atoms with Crippen LogP contribution in [-0.2, 0) is 32.0 Å². The molecule has 0 aliphatic carbocycles. The number of hydrogen-bond acceptors (Lipinski definition) is 7. The fourth-order valence-electron chi connectivity index (χ4n) is 3.74. The number of nitrogens with one attached hydrogen (secondary N) is 3. The summed E-state index contributed by atoms with van der Waals surface area (Å²) in [6, 6.07) is 10.1. The van der Waals surface area contributed by atoms with Gasteiger partial charge in [-0.1, -0.05) is 56.3 Å². The summed E-state index contributed by atoms with van der Waals surface area (Å²) < 4.78 is 0. The lowest BCUT2D eigenvalue weighted by atomic mass is 10.00. The first-order valence-electron chi connectivity index (χ1n) is 12.3. The molecule has 2 aromatic rings. The number of aliphatic carboxylic acids is 1. The Morgan fingerprint density at radius 3 is 1.82 bits per heavy atom. The molecule has 0 saturated carbocycles. The van der Waals surface area contributed by atoms with Gasteiger partial charge in [0.15, 0.2) is 0 Å². The molecule has 2 rings (SSSR count). The lowest BCUT2D eigenvalue weighted by Gasteiger charge is -2.26. The minimum absolute atomic E-state index is 0.000462. The van der Waals surface area contributed by atoms with Crippen LogP contribution in [0.25, 0.3) is 0 Å². The summed E-state index contributed by atoms with van der Waals surface area (Å²) in [6.07, 6.45) is 0.273. The number of rotatable bonds is 14. The second kappa shape index (κ2) is 14.7. The lowest BCUT2D eigenvalue weighted by Crippen LogP contribution is -2.58. The Kier molecular flexibility index (Phi) is 11.7. The van der Waals surface area contributed by atoms with Gasteiger partial charge in [0.1, 0.15) is 29.9 Å². The topological polar surface area (TPSA) is 191 Å². The molecule has 0 aromatic heterocycles. The lowest BCUT2D eigenvalue weighted by molar-refractivity contribution is -0.142. The standard InChI is InChI=1S/C27H36N4O7/c1-16(2)12-21(29-24(34)20(28)15-32)25(35)30-22(13-17-6-4-3-5-7-17)26(36)31-23(27(37)38)14-18-8-10-19(33)11-9-18/h3-11,16,20-23,32-33H,12-15,28H2,1-2H3,(H,29,34)(H,30,35)(H,31,36)(H,37,38). The summed E-state index contributed by atoms with van der Waals surface area (Å²) in [5.74, 6) is -3.30. The molecule has 206 valence electrons. The number of aliphatic hydroxyl groups is 1. The number of aromatic hydroxyl groups is 1. The van der Waals surface area contributed by atoms with Crippen molar-refractivity contribution in [2.75, 3.05) is 6.61 Å². The van der Waals surface area contributed by atoms with Crippen LogP contribution in [0, 0.1) is 5.92 Å². The normalized spacial score (nSPS) is 14.1. The zero-order valence-corrected chi connectivity index (χ0v) is 21.5. The van der Waals surface area contributed by atoms with Gasteiger partial charge in [-0.25, -0.2) is 4.79 Å². The molecule has 0 heterocycles. The monoisotopic (exact) mass is 528 g/mol. The van der Waals surface area contributed by atoms with E-state index in [9.17, 15) is 29.4 Å². The summed E-state index contributed by atoms with van der Waals surface area (Å²) in [5.41, 5.74) is 6.88. The van der Waals surface area contributed by atoms with Gasteiger partial charge in [-0.2, -0.15) is 0 Å². The predicted molar refractivity (Wildman–Crippen MR) is 140 cm³/mol. The summed E-state index contributed by atoms with van der Waals surface area (Å²) in [4.78, 5) is 50.7. The van der Waals surface area contributed by atoms with E-state index in [4.69, 9.17) is 10.8 Å². The third-order valence-corrected chi connectivity index (χ3v) is 5.78. The van der Waals surface area contributed by atoms with E-state index in [1.807, 2.05) is 13.8 Å². The number of phenols is 1. The number of aliphatic hydroxyl groups excluding tert-OH is 1. The van der Waals surface area contributed by atoms with Gasteiger partial charge in [0.2, 0.25) is 17.7 Å². The molecule has 0 spiro atoms. The summed E-state index contributed by atoms with van der Waals surface area (Å²) in [6.45, 7) is 3.11. The molecule has 38 heavy (non-hydrogen) atoms. The number of hydrogen-bond donors (Lipinski definition) is 7. The Hall–Kier alpha value is -3.96. The van der Waals surface area contributed by atoms with Crippen LogP contribution in [0.4, 0.5) is 0 Å². The summed E-state index contributed by atoms with van der Waals surface area (Å²) in [7, 11) is 0. The number of carbonyl (C=O) groups is 4. The second-order valence-electron chi connectivity index (χ2n) is 9.50. The fraction of sp³-hybridized carbons (Fsp3) is 0.407. The maximum Gasteiger partial charge on any atom is 0.326 e. The van der Waals surface area contributed by atoms with Gasteiger partial charge < -0.3 is 37.0 Å². The van der Waals surface area contributed by atoms with Crippen LogP contribution < -0.4 is 21.7 Å². The van der Waals surface area contributed by atoms with Crippen LogP contribution in [0.1, 0.15) is 31.4 Å². The van der Waals surface area contributed by atoms with Gasteiger partial charge in [-0.05, 0) is 35.6 Å². The van der Waals surface area contributed by atoms with Crippen LogP contribution in [0.15, 0.2) is 54.6 Å². The SMILES string of the molecule is CC(C)CC(NC(=O)C(N)CO)C(=O)NC(Cc1ccccc1)C(=O)NC(Cc1ccc(O)cc1)C(=O)O. The van der Waals surface area contributed by atoms with Crippen molar-refractivity contribution in [2.45, 2.75) is 57.3 Å². The van der Waals surface area contributed by atoms with Crippen molar-refractivity contribution in [3.8, 4) is 5.75 Å². The Morgan fingerprint density at radius 1 is 0.763 bits per heavy atom. The molecule has 0 aliphatic heterocycles. The van der Waals surface area contributed by atoms with E-state index in [1.165, 1.54) is 12.1 Å². The average molecular weight is 529 g/mol. The number of phenolic OH excluding ortho intramolecular Hbond substituents is 1. The van der Waals surface area contributed by atoms with Crippen molar-refractivity contribution < 1.29 is 34.5 Å². The van der Waals surface area contributed by atoms with E-state index >= 15 is 0 Å². The molecule has 0 radical (unpaired) electrons. The van der Waals surface area contributed by atoms with Crippen LogP contribution in [0.2, 0.25) is 0 Å². The van der Waals surface area contributed by atoms with Gasteiger partial charge in [-0.15, -0.1) is 0 Å². The Balaban J connectivity index is 2.25. The highest BCUT2D eigenvalue weighted by atomic mass is 16.4. The Labute approximate surface area is 221 Å². The van der Waals surface area contributed by atoms with Gasteiger partial charge in [0, 0.05) is 12.8 Å². The van der Waals surface area contributed by atoms with Crippen molar-refractivity contribution >= 4 is 23.7 Å². The molecular formula is C27H36N4O7. The van der Waals surface area contributed by atoms with Crippen molar-refractivity contribution in [1.82, 2.24) is 16.0 Å². The first kappa shape index (κ1) is 30.3. The zero-order valence-electron chi connectivity index (χ0n) is 21.5.